The van der Waals surface area contributed by atoms with E-state index in [2.05, 4.69) is 10.3 Å². The lowest BCUT2D eigenvalue weighted by Crippen LogP contribution is -2.41. The molecule has 0 N–H and O–H groups in total. The third-order valence-corrected chi connectivity index (χ3v) is 5.78. The maximum absolute atomic E-state index is 13.0. The van der Waals surface area contributed by atoms with Gasteiger partial charge in [0, 0.05) is 19.0 Å². The zero-order valence-corrected chi connectivity index (χ0v) is 16.1. The van der Waals surface area contributed by atoms with E-state index in [1.54, 1.807) is 12.1 Å². The minimum absolute atomic E-state index is 0.0476. The van der Waals surface area contributed by atoms with Crippen LogP contribution in [0.25, 0.3) is 0 Å². The van der Waals surface area contributed by atoms with Crippen molar-refractivity contribution in [2.75, 3.05) is 19.7 Å². The topological polar surface area (TPSA) is 60.2 Å². The Labute approximate surface area is 164 Å². The van der Waals surface area contributed by atoms with Gasteiger partial charge < -0.3 is 9.64 Å². The highest BCUT2D eigenvalue weighted by Gasteiger charge is 2.27. The number of carbonyl (C=O) groups excluding carboxylic acids is 1. The van der Waals surface area contributed by atoms with E-state index in [1.165, 1.54) is 31.4 Å². The first-order valence-corrected chi connectivity index (χ1v) is 10.3. The van der Waals surface area contributed by atoms with Crippen LogP contribution in [0.4, 0.5) is 4.39 Å². The van der Waals surface area contributed by atoms with E-state index in [-0.39, 0.29) is 17.6 Å². The average molecular weight is 386 g/mol. The second kappa shape index (κ2) is 8.71. The summed E-state index contributed by atoms with van der Waals surface area (Å²) < 4.78 is 20.7. The molecule has 1 saturated heterocycles. The monoisotopic (exact) mass is 386 g/mol. The highest BCUT2D eigenvalue weighted by atomic mass is 19.1. The van der Waals surface area contributed by atoms with Gasteiger partial charge in [0.15, 0.2) is 5.69 Å². The number of rotatable bonds is 5. The molecule has 150 valence electrons. The van der Waals surface area contributed by atoms with Crippen LogP contribution in [0.1, 0.15) is 61.5 Å². The number of ether oxygens (including phenoxy) is 1. The van der Waals surface area contributed by atoms with E-state index in [1.807, 2.05) is 15.8 Å². The molecule has 0 unspecified atom stereocenters. The molecule has 0 radical (unpaired) electrons. The van der Waals surface area contributed by atoms with Crippen LogP contribution in [-0.2, 0) is 0 Å². The molecule has 2 aromatic rings. The molecule has 0 bridgehead atoms. The van der Waals surface area contributed by atoms with E-state index in [0.717, 1.165) is 32.2 Å². The molecule has 1 amide bonds. The number of carbonyl (C=O) groups is 1. The summed E-state index contributed by atoms with van der Waals surface area (Å²) >= 11 is 0. The summed E-state index contributed by atoms with van der Waals surface area (Å²) in [6.45, 7) is 1.91. The Morgan fingerprint density at radius 1 is 1.11 bits per heavy atom. The minimum Gasteiger partial charge on any atom is -0.493 e. The second-order valence-electron chi connectivity index (χ2n) is 7.90. The maximum Gasteiger partial charge on any atom is 0.276 e. The molecule has 1 aromatic carbocycles. The molecule has 2 heterocycles. The molecule has 1 aromatic heterocycles. The summed E-state index contributed by atoms with van der Waals surface area (Å²) in [4.78, 5) is 14.7. The van der Waals surface area contributed by atoms with Crippen LogP contribution in [0.5, 0.6) is 5.75 Å². The molecular weight excluding hydrogens is 359 g/mol. The minimum atomic E-state index is -0.275. The number of hydrogen-bond acceptors (Lipinski definition) is 4. The molecule has 1 aliphatic heterocycles. The van der Waals surface area contributed by atoms with Crippen LogP contribution in [0.2, 0.25) is 0 Å². The van der Waals surface area contributed by atoms with E-state index in [9.17, 15) is 9.18 Å². The third-order valence-electron chi connectivity index (χ3n) is 5.78. The first-order chi connectivity index (χ1) is 13.7. The number of likely N-dealkylation sites (tertiary alicyclic amines) is 1. The Morgan fingerprint density at radius 2 is 1.89 bits per heavy atom. The van der Waals surface area contributed by atoms with Gasteiger partial charge in [-0.2, -0.15) is 0 Å². The number of halogens is 1. The Hall–Kier alpha value is -2.44. The zero-order chi connectivity index (χ0) is 19.3. The summed E-state index contributed by atoms with van der Waals surface area (Å²) in [7, 11) is 0. The maximum atomic E-state index is 13.0. The molecule has 2 aliphatic rings. The van der Waals surface area contributed by atoms with Gasteiger partial charge in [0.2, 0.25) is 0 Å². The highest BCUT2D eigenvalue weighted by molar-refractivity contribution is 5.92. The molecule has 2 fully saturated rings. The summed E-state index contributed by atoms with van der Waals surface area (Å²) in [5.41, 5.74) is 0.436. The summed E-state index contributed by atoms with van der Waals surface area (Å²) in [5, 5.41) is 8.37. The van der Waals surface area contributed by atoms with Crippen LogP contribution < -0.4 is 4.74 Å². The number of hydrogen-bond donors (Lipinski definition) is 0. The predicted octanol–water partition coefficient (Wildman–Crippen LogP) is 3.85. The number of benzene rings is 1. The van der Waals surface area contributed by atoms with Crippen LogP contribution >= 0.6 is 0 Å². The van der Waals surface area contributed by atoms with Crippen molar-refractivity contribution in [2.45, 2.75) is 51.0 Å². The van der Waals surface area contributed by atoms with Gasteiger partial charge in [-0.05, 0) is 49.9 Å². The molecule has 7 heteroatoms. The lowest BCUT2D eigenvalue weighted by atomic mass is 9.96. The van der Waals surface area contributed by atoms with Crippen molar-refractivity contribution in [3.8, 4) is 5.75 Å². The van der Waals surface area contributed by atoms with E-state index in [4.69, 9.17) is 4.74 Å². The van der Waals surface area contributed by atoms with Crippen molar-refractivity contribution >= 4 is 5.91 Å². The van der Waals surface area contributed by atoms with Crippen LogP contribution in [0.3, 0.4) is 0 Å². The van der Waals surface area contributed by atoms with Crippen LogP contribution in [0.15, 0.2) is 30.5 Å². The molecule has 0 spiro atoms. The van der Waals surface area contributed by atoms with Crippen molar-refractivity contribution in [3.63, 3.8) is 0 Å². The molecular formula is C21H27FN4O2. The summed E-state index contributed by atoms with van der Waals surface area (Å²) in [6.07, 6.45) is 9.72. The van der Waals surface area contributed by atoms with Crippen molar-refractivity contribution in [1.82, 2.24) is 19.9 Å². The molecule has 4 rings (SSSR count). The van der Waals surface area contributed by atoms with Crippen LogP contribution in [0, 0.1) is 11.7 Å². The second-order valence-corrected chi connectivity index (χ2v) is 7.90. The van der Waals surface area contributed by atoms with E-state index >= 15 is 0 Å². The largest absolute Gasteiger partial charge is 0.493 e. The van der Waals surface area contributed by atoms with E-state index in [0.29, 0.717) is 30.6 Å². The Morgan fingerprint density at radius 3 is 2.68 bits per heavy atom. The van der Waals surface area contributed by atoms with Gasteiger partial charge in [0.25, 0.3) is 5.91 Å². The first-order valence-electron chi connectivity index (χ1n) is 10.3. The smallest absolute Gasteiger partial charge is 0.276 e. The average Bonchev–Trinajstić information content (AvgIpc) is 3.24. The summed E-state index contributed by atoms with van der Waals surface area (Å²) in [5.74, 6) is 0.591. The van der Waals surface area contributed by atoms with Crippen molar-refractivity contribution < 1.29 is 13.9 Å². The van der Waals surface area contributed by atoms with Crippen molar-refractivity contribution in [2.24, 2.45) is 5.92 Å². The fourth-order valence-electron chi connectivity index (χ4n) is 4.19. The highest BCUT2D eigenvalue weighted by Crippen LogP contribution is 2.27. The SMILES string of the molecule is O=C(c1cn(C2CCCCC2)nn1)N1CCC[C@H](COc2ccc(F)cc2)C1. The van der Waals surface area contributed by atoms with Gasteiger partial charge in [-0.15, -0.1) is 5.10 Å². The van der Waals surface area contributed by atoms with Gasteiger partial charge in [-0.3, -0.25) is 4.79 Å². The Kier molecular flexibility index (Phi) is 5.88. The lowest BCUT2D eigenvalue weighted by molar-refractivity contribution is 0.0627. The predicted molar refractivity (Wildman–Crippen MR) is 103 cm³/mol. The number of aromatic nitrogens is 3. The van der Waals surface area contributed by atoms with Gasteiger partial charge in [0.05, 0.1) is 18.8 Å². The van der Waals surface area contributed by atoms with Crippen molar-refractivity contribution in [3.05, 3.63) is 42.0 Å². The molecule has 28 heavy (non-hydrogen) atoms. The standard InChI is InChI=1S/C21H27FN4O2/c22-17-8-10-19(11-9-17)28-15-16-5-4-12-25(13-16)21(27)20-14-26(24-23-20)18-6-2-1-3-7-18/h8-11,14,16,18H,1-7,12-13,15H2/t16-/m0/s1. The summed E-state index contributed by atoms with van der Waals surface area (Å²) in [6, 6.07) is 6.42. The zero-order valence-electron chi connectivity index (χ0n) is 16.1. The molecule has 1 saturated carbocycles. The quantitative estimate of drug-likeness (QED) is 0.783. The van der Waals surface area contributed by atoms with Gasteiger partial charge >= 0.3 is 0 Å². The lowest BCUT2D eigenvalue weighted by Gasteiger charge is -2.32. The van der Waals surface area contributed by atoms with Crippen LogP contribution in [-0.4, -0.2) is 45.5 Å². The van der Waals surface area contributed by atoms with Crippen molar-refractivity contribution in [1.29, 1.82) is 0 Å². The normalized spacial score (nSPS) is 20.9. The number of nitrogens with zero attached hydrogens (tertiary/aromatic N) is 4. The van der Waals surface area contributed by atoms with E-state index < -0.39 is 0 Å². The number of amides is 1. The molecule has 1 atom stereocenters. The third kappa shape index (κ3) is 4.51. The Balaban J connectivity index is 1.32. The fourth-order valence-corrected chi connectivity index (χ4v) is 4.19. The molecule has 1 aliphatic carbocycles. The Bertz CT molecular complexity index is 786. The first kappa shape index (κ1) is 18.9. The van der Waals surface area contributed by atoms with Gasteiger partial charge in [0.1, 0.15) is 11.6 Å². The van der Waals surface area contributed by atoms with Gasteiger partial charge in [-0.25, -0.2) is 9.07 Å². The van der Waals surface area contributed by atoms with Gasteiger partial charge in [-0.1, -0.05) is 24.5 Å². The number of piperidine rings is 1. The fraction of sp³-hybridized carbons (Fsp3) is 0.571. The molecule has 6 nitrogen and oxygen atoms in total.